The summed E-state index contributed by atoms with van der Waals surface area (Å²) in [6.07, 6.45) is 0.795. The molecular formula is C26H33BrO5S2. The minimum Gasteiger partial charge on any atom is -0.435 e. The first kappa shape index (κ1) is 33.7. The maximum Gasteiger partial charge on any atom is 0.508 e. The molecule has 0 fully saturated rings. The Morgan fingerprint density at radius 2 is 1.29 bits per heavy atom. The van der Waals surface area contributed by atoms with Gasteiger partial charge in [0.2, 0.25) is 0 Å². The molecule has 186 valence electrons. The van der Waals surface area contributed by atoms with Gasteiger partial charge in [-0.1, -0.05) is 55.9 Å². The Labute approximate surface area is 218 Å². The molecule has 2 aromatic carbocycles. The fourth-order valence-electron chi connectivity index (χ4n) is 2.43. The van der Waals surface area contributed by atoms with Crippen LogP contribution in [-0.4, -0.2) is 25.5 Å². The van der Waals surface area contributed by atoms with Crippen LogP contribution >= 0.6 is 38.6 Å². The Morgan fingerprint density at radius 1 is 0.824 bits per heavy atom. The lowest BCUT2D eigenvalue weighted by atomic mass is 10.1. The van der Waals surface area contributed by atoms with E-state index >= 15 is 0 Å². The van der Waals surface area contributed by atoms with Crippen LogP contribution in [0.15, 0.2) is 63.8 Å². The topological polar surface area (TPSA) is 69.7 Å². The van der Waals surface area contributed by atoms with Gasteiger partial charge in [-0.25, -0.2) is 4.79 Å². The van der Waals surface area contributed by atoms with Crippen molar-refractivity contribution in [1.29, 1.82) is 0 Å². The first-order valence-corrected chi connectivity index (χ1v) is 12.4. The van der Waals surface area contributed by atoms with Gasteiger partial charge in [0.1, 0.15) is 0 Å². The van der Waals surface area contributed by atoms with Gasteiger partial charge in [-0.15, -0.1) is 22.7 Å². The molecular weight excluding hydrogens is 536 g/mol. The highest BCUT2D eigenvalue weighted by Crippen LogP contribution is 2.24. The number of rotatable bonds is 3. The standard InChI is InChI=1S/C10H10S.C8H5BrS.C5H10O3.CO2.2CH4/c1-2-8-3-4-9-5-6-11-10(9)7-8;9-7-2-1-6-3-4-10-8(6)5-7;1-3-7-5(6)8-4-2;2-1-3;;/h3-7H,2H2,1H3;1-5H;3-4H2,1-2H3;;2*1H4. The van der Waals surface area contributed by atoms with E-state index in [1.54, 1.807) is 25.2 Å². The number of halogens is 1. The second-order valence-electron chi connectivity index (χ2n) is 5.95. The summed E-state index contributed by atoms with van der Waals surface area (Å²) in [5.74, 6) is 0. The zero-order valence-corrected chi connectivity index (χ0v) is 21.3. The van der Waals surface area contributed by atoms with Crippen molar-refractivity contribution in [1.82, 2.24) is 0 Å². The smallest absolute Gasteiger partial charge is 0.435 e. The zero-order valence-electron chi connectivity index (χ0n) is 18.1. The molecule has 0 spiro atoms. The van der Waals surface area contributed by atoms with Crippen LogP contribution in [0.3, 0.4) is 0 Å². The molecule has 0 saturated heterocycles. The largest absolute Gasteiger partial charge is 0.508 e. The van der Waals surface area contributed by atoms with Gasteiger partial charge in [0, 0.05) is 13.9 Å². The van der Waals surface area contributed by atoms with E-state index in [4.69, 9.17) is 9.59 Å². The van der Waals surface area contributed by atoms with Gasteiger partial charge in [-0.3, -0.25) is 0 Å². The molecule has 0 bridgehead atoms. The lowest BCUT2D eigenvalue weighted by Gasteiger charge is -1.98. The van der Waals surface area contributed by atoms with Crippen LogP contribution in [0, 0.1) is 0 Å². The Morgan fingerprint density at radius 3 is 1.76 bits per heavy atom. The van der Waals surface area contributed by atoms with Crippen LogP contribution in [0.5, 0.6) is 0 Å². The number of benzene rings is 2. The van der Waals surface area contributed by atoms with Crippen LogP contribution in [-0.2, 0) is 25.5 Å². The fraction of sp³-hybridized carbons (Fsp3) is 0.308. The second kappa shape index (κ2) is 19.9. The first-order chi connectivity index (χ1) is 15.5. The van der Waals surface area contributed by atoms with Crippen molar-refractivity contribution in [2.45, 2.75) is 42.0 Å². The monoisotopic (exact) mass is 568 g/mol. The molecule has 0 N–H and O–H groups in total. The number of carbonyl (C=O) groups is 1. The van der Waals surface area contributed by atoms with E-state index in [9.17, 15) is 4.79 Å². The normalized spacial score (nSPS) is 8.71. The maximum atomic E-state index is 10.2. The molecule has 0 radical (unpaired) electrons. The number of ether oxygens (including phenoxy) is 2. The third-order valence-electron chi connectivity index (χ3n) is 3.87. The highest BCUT2D eigenvalue weighted by molar-refractivity contribution is 9.10. The van der Waals surface area contributed by atoms with Gasteiger partial charge in [-0.2, -0.15) is 9.59 Å². The summed E-state index contributed by atoms with van der Waals surface area (Å²) in [7, 11) is 0. The quantitative estimate of drug-likeness (QED) is 0.230. The fourth-order valence-corrected chi connectivity index (χ4v) is 4.62. The Kier molecular flexibility index (Phi) is 19.7. The highest BCUT2D eigenvalue weighted by Gasteiger charge is 1.96. The molecule has 0 amide bonds. The molecule has 0 atom stereocenters. The predicted octanol–water partition coefficient (Wildman–Crippen LogP) is 9.00. The van der Waals surface area contributed by atoms with Crippen molar-refractivity contribution in [3.05, 3.63) is 69.3 Å². The molecule has 5 nitrogen and oxygen atoms in total. The zero-order chi connectivity index (χ0) is 23.8. The number of hydrogen-bond acceptors (Lipinski definition) is 7. The van der Waals surface area contributed by atoms with E-state index in [1.807, 2.05) is 11.3 Å². The number of hydrogen-bond donors (Lipinski definition) is 0. The van der Waals surface area contributed by atoms with Crippen molar-refractivity contribution in [3.8, 4) is 0 Å². The lowest BCUT2D eigenvalue weighted by Crippen LogP contribution is -2.05. The average molecular weight is 570 g/mol. The van der Waals surface area contributed by atoms with Gasteiger partial charge in [0.15, 0.2) is 0 Å². The SMILES string of the molecule is Brc1ccc2ccsc2c1.C.C.CCOC(=O)OCC.CCc1ccc2ccsc2c1.O=C=O. The number of thiophene rings is 2. The van der Waals surface area contributed by atoms with Gasteiger partial charge in [-0.05, 0) is 77.7 Å². The molecule has 2 heterocycles. The van der Waals surface area contributed by atoms with E-state index in [0.717, 1.165) is 10.9 Å². The highest BCUT2D eigenvalue weighted by atomic mass is 79.9. The van der Waals surface area contributed by atoms with Crippen LogP contribution in [0.4, 0.5) is 4.79 Å². The summed E-state index contributed by atoms with van der Waals surface area (Å²) < 4.78 is 12.7. The number of aryl methyl sites for hydroxylation is 1. The predicted molar refractivity (Wildman–Crippen MR) is 148 cm³/mol. The molecule has 4 aromatic rings. The van der Waals surface area contributed by atoms with Crippen molar-refractivity contribution < 1.29 is 23.9 Å². The van der Waals surface area contributed by atoms with E-state index in [0.29, 0.717) is 13.2 Å². The van der Waals surface area contributed by atoms with Crippen LogP contribution < -0.4 is 0 Å². The molecule has 0 saturated carbocycles. The Balaban J connectivity index is 0. The first-order valence-electron chi connectivity index (χ1n) is 9.86. The van der Waals surface area contributed by atoms with Gasteiger partial charge >= 0.3 is 12.3 Å². The summed E-state index contributed by atoms with van der Waals surface area (Å²) in [6.45, 7) is 6.40. The Bertz CT molecular complexity index is 1110. The number of fused-ring (bicyclic) bond motifs is 2. The van der Waals surface area contributed by atoms with E-state index < -0.39 is 6.16 Å². The summed E-state index contributed by atoms with van der Waals surface area (Å²) in [5.41, 5.74) is 1.43. The maximum absolute atomic E-state index is 10.2. The number of carbonyl (C=O) groups excluding carboxylic acids is 3. The van der Waals surface area contributed by atoms with Crippen molar-refractivity contribution >= 4 is 71.1 Å². The van der Waals surface area contributed by atoms with E-state index in [-0.39, 0.29) is 21.0 Å². The molecule has 34 heavy (non-hydrogen) atoms. The molecule has 4 rings (SSSR count). The summed E-state index contributed by atoms with van der Waals surface area (Å²) in [6, 6.07) is 17.3. The van der Waals surface area contributed by atoms with Crippen LogP contribution in [0.1, 0.15) is 41.2 Å². The molecule has 0 aliphatic rings. The van der Waals surface area contributed by atoms with Crippen molar-refractivity contribution in [3.63, 3.8) is 0 Å². The lowest BCUT2D eigenvalue weighted by molar-refractivity contribution is -0.191. The molecule has 0 aliphatic heterocycles. The van der Waals surface area contributed by atoms with Crippen LogP contribution in [0.25, 0.3) is 20.2 Å². The van der Waals surface area contributed by atoms with Gasteiger partial charge in [0.05, 0.1) is 13.2 Å². The Hall–Kier alpha value is -2.51. The summed E-state index contributed by atoms with van der Waals surface area (Å²) >= 11 is 7.01. The van der Waals surface area contributed by atoms with Crippen molar-refractivity contribution in [2.24, 2.45) is 0 Å². The van der Waals surface area contributed by atoms with E-state index in [1.165, 1.54) is 25.7 Å². The van der Waals surface area contributed by atoms with Gasteiger partial charge in [0.25, 0.3) is 0 Å². The van der Waals surface area contributed by atoms with Gasteiger partial charge < -0.3 is 9.47 Å². The minimum atomic E-state index is -0.588. The van der Waals surface area contributed by atoms with Crippen LogP contribution in [0.2, 0.25) is 0 Å². The van der Waals surface area contributed by atoms with Crippen molar-refractivity contribution in [2.75, 3.05) is 13.2 Å². The summed E-state index contributed by atoms with van der Waals surface area (Å²) in [4.78, 5) is 26.4. The third kappa shape index (κ3) is 12.7. The molecule has 2 aromatic heterocycles. The summed E-state index contributed by atoms with van der Waals surface area (Å²) in [5, 5.41) is 6.95. The molecule has 8 heteroatoms. The van der Waals surface area contributed by atoms with E-state index in [2.05, 4.69) is 91.6 Å². The molecule has 0 unspecified atom stereocenters. The third-order valence-corrected chi connectivity index (χ3v) is 6.12. The second-order valence-corrected chi connectivity index (χ2v) is 8.76. The average Bonchev–Trinajstić information content (AvgIpc) is 3.44. The molecule has 0 aliphatic carbocycles. The minimum absolute atomic E-state index is 0.